The highest BCUT2D eigenvalue weighted by Crippen LogP contribution is 2.35. The third-order valence-electron chi connectivity index (χ3n) is 5.90. The molecule has 3 aliphatic rings. The van der Waals surface area contributed by atoms with Crippen molar-refractivity contribution in [2.24, 2.45) is 0 Å². The first kappa shape index (κ1) is 14.5. The van der Waals surface area contributed by atoms with Crippen LogP contribution in [0.25, 0.3) is 0 Å². The van der Waals surface area contributed by atoms with Crippen molar-refractivity contribution in [3.63, 3.8) is 0 Å². The second kappa shape index (κ2) is 6.21. The number of nitrogens with zero attached hydrogens (tertiary/aromatic N) is 2. The van der Waals surface area contributed by atoms with Gasteiger partial charge in [-0.05, 0) is 68.8 Å². The Balaban J connectivity index is 1.52. The van der Waals surface area contributed by atoms with Crippen molar-refractivity contribution < 1.29 is 4.74 Å². The first-order chi connectivity index (χ1) is 10.8. The van der Waals surface area contributed by atoms with E-state index in [2.05, 4.69) is 35.0 Å². The molecule has 0 unspecified atom stereocenters. The first-order valence-corrected chi connectivity index (χ1v) is 8.97. The van der Waals surface area contributed by atoms with Crippen LogP contribution in [0, 0.1) is 0 Å². The van der Waals surface area contributed by atoms with Gasteiger partial charge in [-0.25, -0.2) is 0 Å². The van der Waals surface area contributed by atoms with Crippen LogP contribution in [0.4, 0.5) is 5.69 Å². The number of ether oxygens (including phenoxy) is 1. The molecule has 2 saturated heterocycles. The summed E-state index contributed by atoms with van der Waals surface area (Å²) >= 11 is 0. The van der Waals surface area contributed by atoms with E-state index in [-0.39, 0.29) is 0 Å². The number of likely N-dealkylation sites (tertiary alicyclic amines) is 1. The molecule has 1 atom stereocenters. The van der Waals surface area contributed by atoms with Gasteiger partial charge in [-0.1, -0.05) is 12.1 Å². The van der Waals surface area contributed by atoms with Crippen LogP contribution < -0.4 is 4.90 Å². The Morgan fingerprint density at radius 1 is 1.14 bits per heavy atom. The summed E-state index contributed by atoms with van der Waals surface area (Å²) in [5.74, 6) is 0.704. The van der Waals surface area contributed by atoms with Gasteiger partial charge in [0.1, 0.15) is 0 Å². The van der Waals surface area contributed by atoms with E-state index >= 15 is 0 Å². The molecule has 0 aliphatic carbocycles. The van der Waals surface area contributed by atoms with Crippen LogP contribution in [0.1, 0.15) is 42.7 Å². The maximum Gasteiger partial charge on any atom is 0.0471 e. The maximum absolute atomic E-state index is 5.52. The zero-order valence-corrected chi connectivity index (χ0v) is 13.8. The van der Waals surface area contributed by atoms with E-state index in [1.807, 2.05) is 0 Å². The second-order valence-corrected chi connectivity index (χ2v) is 7.25. The normalized spacial score (nSPS) is 26.6. The number of hydrogen-bond acceptors (Lipinski definition) is 3. The second-order valence-electron chi connectivity index (χ2n) is 7.25. The molecule has 22 heavy (non-hydrogen) atoms. The lowest BCUT2D eigenvalue weighted by atomic mass is 9.90. The molecule has 3 heteroatoms. The molecule has 0 radical (unpaired) electrons. The highest BCUT2D eigenvalue weighted by molar-refractivity contribution is 5.60. The number of likely N-dealkylation sites (N-methyl/N-ethyl adjacent to an activating group) is 1. The van der Waals surface area contributed by atoms with Crippen LogP contribution >= 0.6 is 0 Å². The highest BCUT2D eigenvalue weighted by atomic mass is 16.5. The van der Waals surface area contributed by atoms with Gasteiger partial charge in [0.05, 0.1) is 0 Å². The third-order valence-corrected chi connectivity index (χ3v) is 5.90. The Kier molecular flexibility index (Phi) is 4.10. The van der Waals surface area contributed by atoms with Crippen molar-refractivity contribution in [1.29, 1.82) is 0 Å². The maximum atomic E-state index is 5.52. The molecule has 2 fully saturated rings. The molecule has 3 aliphatic heterocycles. The van der Waals surface area contributed by atoms with Crippen LogP contribution in [0.5, 0.6) is 0 Å². The molecule has 3 heterocycles. The van der Waals surface area contributed by atoms with E-state index < -0.39 is 0 Å². The fraction of sp³-hybridized carbons (Fsp3) is 0.684. The number of rotatable bonds is 3. The Labute approximate surface area is 134 Å². The molecule has 0 amide bonds. The molecule has 3 nitrogen and oxygen atoms in total. The zero-order valence-electron chi connectivity index (χ0n) is 13.8. The predicted molar refractivity (Wildman–Crippen MR) is 90.8 cm³/mol. The van der Waals surface area contributed by atoms with E-state index in [1.54, 1.807) is 5.56 Å². The van der Waals surface area contributed by atoms with Gasteiger partial charge in [0.25, 0.3) is 0 Å². The fourth-order valence-corrected chi connectivity index (χ4v) is 4.40. The summed E-state index contributed by atoms with van der Waals surface area (Å²) < 4.78 is 5.52. The van der Waals surface area contributed by atoms with Gasteiger partial charge < -0.3 is 14.5 Å². The van der Waals surface area contributed by atoms with Gasteiger partial charge in [0.2, 0.25) is 0 Å². The van der Waals surface area contributed by atoms with Crippen molar-refractivity contribution >= 4 is 5.69 Å². The molecule has 0 saturated carbocycles. The first-order valence-electron chi connectivity index (χ1n) is 8.97. The van der Waals surface area contributed by atoms with Crippen molar-refractivity contribution in [3.05, 3.63) is 29.3 Å². The van der Waals surface area contributed by atoms with E-state index in [1.165, 1.54) is 63.0 Å². The van der Waals surface area contributed by atoms with E-state index in [0.29, 0.717) is 5.92 Å². The van der Waals surface area contributed by atoms with Crippen LogP contribution in [0.2, 0.25) is 0 Å². The van der Waals surface area contributed by atoms with Crippen LogP contribution in [0.15, 0.2) is 18.2 Å². The molecule has 120 valence electrons. The SMILES string of the molecule is CN1CCC[C@@H]1CN1CCc2ccc(C3CCOCC3)cc21. The number of anilines is 1. The number of benzene rings is 1. The molecule has 1 aromatic rings. The van der Waals surface area contributed by atoms with Crippen molar-refractivity contribution in [1.82, 2.24) is 4.90 Å². The average Bonchev–Trinajstić information content (AvgIpc) is 3.15. The summed E-state index contributed by atoms with van der Waals surface area (Å²) in [7, 11) is 2.28. The fourth-order valence-electron chi connectivity index (χ4n) is 4.40. The highest BCUT2D eigenvalue weighted by Gasteiger charge is 2.27. The average molecular weight is 300 g/mol. The van der Waals surface area contributed by atoms with E-state index in [4.69, 9.17) is 4.74 Å². The predicted octanol–water partition coefficient (Wildman–Crippen LogP) is 3.04. The summed E-state index contributed by atoms with van der Waals surface area (Å²) in [5.41, 5.74) is 4.61. The Morgan fingerprint density at radius 3 is 2.77 bits per heavy atom. The van der Waals surface area contributed by atoms with Crippen LogP contribution in [0.3, 0.4) is 0 Å². The largest absolute Gasteiger partial charge is 0.381 e. The Hall–Kier alpha value is -1.06. The summed E-state index contributed by atoms with van der Waals surface area (Å²) in [4.78, 5) is 5.19. The molecular formula is C19H28N2O. The summed E-state index contributed by atoms with van der Waals surface area (Å²) in [5, 5.41) is 0. The topological polar surface area (TPSA) is 15.7 Å². The van der Waals surface area contributed by atoms with Crippen molar-refractivity contribution in [2.75, 3.05) is 44.8 Å². The minimum absolute atomic E-state index is 0.704. The number of fused-ring (bicyclic) bond motifs is 1. The van der Waals surface area contributed by atoms with Crippen molar-refractivity contribution in [3.8, 4) is 0 Å². The number of hydrogen-bond donors (Lipinski definition) is 0. The third kappa shape index (κ3) is 2.77. The molecule has 1 aromatic carbocycles. The van der Waals surface area contributed by atoms with Gasteiger partial charge >= 0.3 is 0 Å². The Bertz CT molecular complexity index is 524. The zero-order chi connectivity index (χ0) is 14.9. The lowest BCUT2D eigenvalue weighted by Crippen LogP contribution is -2.37. The molecular weight excluding hydrogens is 272 g/mol. The van der Waals surface area contributed by atoms with Gasteiger partial charge in [-0.2, -0.15) is 0 Å². The summed E-state index contributed by atoms with van der Waals surface area (Å²) in [6.07, 6.45) is 6.32. The molecule has 4 rings (SSSR count). The van der Waals surface area contributed by atoms with Crippen molar-refractivity contribution in [2.45, 2.75) is 44.1 Å². The van der Waals surface area contributed by atoms with Crippen LogP contribution in [-0.4, -0.2) is 50.8 Å². The van der Waals surface area contributed by atoms with Gasteiger partial charge in [0, 0.05) is 38.0 Å². The minimum Gasteiger partial charge on any atom is -0.381 e. The lowest BCUT2D eigenvalue weighted by Gasteiger charge is -2.28. The molecule has 0 aromatic heterocycles. The van der Waals surface area contributed by atoms with Gasteiger partial charge in [-0.3, -0.25) is 0 Å². The van der Waals surface area contributed by atoms with Crippen LogP contribution in [-0.2, 0) is 11.2 Å². The summed E-state index contributed by atoms with van der Waals surface area (Å²) in [6.45, 7) is 5.54. The Morgan fingerprint density at radius 2 is 2.00 bits per heavy atom. The standard InChI is InChI=1S/C19H28N2O/c1-20-9-2-3-18(20)14-21-10-6-16-4-5-17(13-19(16)21)15-7-11-22-12-8-15/h4-5,13,15,18H,2-3,6-12,14H2,1H3/t18-/m1/s1. The van der Waals surface area contributed by atoms with Gasteiger partial charge in [0.15, 0.2) is 0 Å². The lowest BCUT2D eigenvalue weighted by molar-refractivity contribution is 0.0853. The molecule has 0 spiro atoms. The van der Waals surface area contributed by atoms with E-state index in [0.717, 1.165) is 19.3 Å². The minimum atomic E-state index is 0.704. The van der Waals surface area contributed by atoms with E-state index in [9.17, 15) is 0 Å². The monoisotopic (exact) mass is 300 g/mol. The van der Waals surface area contributed by atoms with Gasteiger partial charge in [-0.15, -0.1) is 0 Å². The molecule has 0 N–H and O–H groups in total. The quantitative estimate of drug-likeness (QED) is 0.853. The molecule has 0 bridgehead atoms. The summed E-state index contributed by atoms with van der Waals surface area (Å²) in [6, 6.07) is 8.00. The smallest absolute Gasteiger partial charge is 0.0471 e.